The van der Waals surface area contributed by atoms with E-state index in [1.54, 1.807) is 0 Å². The Balaban J connectivity index is 3.68. The number of amides is 1. The first-order chi connectivity index (χ1) is 6.37. The quantitative estimate of drug-likeness (QED) is 0.559. The Hall–Kier alpha value is -1.79. The van der Waals surface area contributed by atoms with Crippen molar-refractivity contribution in [1.29, 1.82) is 0 Å². The lowest BCUT2D eigenvalue weighted by atomic mass is 10.1. The summed E-state index contributed by atoms with van der Waals surface area (Å²) in [6.45, 7) is 0. The number of rotatable bonds is 1. The second-order valence-corrected chi connectivity index (χ2v) is 2.31. The summed E-state index contributed by atoms with van der Waals surface area (Å²) in [5.74, 6) is -12.1. The number of carbonyl (C=O) groups is 1. The third-order valence-electron chi connectivity index (χ3n) is 1.47. The van der Waals surface area contributed by atoms with Gasteiger partial charge in [0.25, 0.3) is 5.91 Å². The number of aromatic hydroxyl groups is 1. The maximum absolute atomic E-state index is 12.7. The first kappa shape index (κ1) is 10.3. The molecule has 0 heterocycles. The van der Waals surface area contributed by atoms with Crippen LogP contribution < -0.4 is 5.73 Å². The van der Waals surface area contributed by atoms with Crippen LogP contribution in [0.2, 0.25) is 0 Å². The van der Waals surface area contributed by atoms with Crippen LogP contribution in [0.5, 0.6) is 5.75 Å². The fourth-order valence-corrected chi connectivity index (χ4v) is 0.819. The highest BCUT2D eigenvalue weighted by molar-refractivity contribution is 5.93. The van der Waals surface area contributed by atoms with Gasteiger partial charge in [0.15, 0.2) is 17.4 Å². The molecule has 0 aromatic heterocycles. The number of benzene rings is 1. The maximum Gasteiger partial charge on any atom is 0.275 e. The summed E-state index contributed by atoms with van der Waals surface area (Å²) in [5, 5.41) is 8.47. The van der Waals surface area contributed by atoms with E-state index < -0.39 is 40.5 Å². The minimum absolute atomic E-state index is 1.67. The van der Waals surface area contributed by atoms with Crippen molar-refractivity contribution < 1.29 is 27.5 Å². The van der Waals surface area contributed by atoms with Crippen molar-refractivity contribution >= 4 is 5.91 Å². The van der Waals surface area contributed by atoms with E-state index in [4.69, 9.17) is 10.8 Å². The van der Waals surface area contributed by atoms with Crippen molar-refractivity contribution in [1.82, 2.24) is 5.73 Å². The Morgan fingerprint density at radius 3 is 1.64 bits per heavy atom. The molecule has 0 aliphatic carbocycles. The molecule has 0 aliphatic rings. The smallest absolute Gasteiger partial charge is 0.275 e. The zero-order chi connectivity index (χ0) is 11.0. The zero-order valence-electron chi connectivity index (χ0n) is 6.37. The molecule has 0 unspecified atom stereocenters. The van der Waals surface area contributed by atoms with Gasteiger partial charge < -0.3 is 5.11 Å². The number of nitrogens with one attached hydrogen (secondary N) is 1. The molecule has 1 rings (SSSR count). The summed E-state index contributed by atoms with van der Waals surface area (Å²) in [4.78, 5) is 10.3. The van der Waals surface area contributed by atoms with Crippen LogP contribution in [0.4, 0.5) is 17.6 Å². The number of carbonyl (C=O) groups excluding carboxylic acids is 1. The van der Waals surface area contributed by atoms with Crippen LogP contribution in [0.3, 0.4) is 0 Å². The molecule has 0 spiro atoms. The Bertz CT molecular complexity index is 390. The first-order valence-corrected chi connectivity index (χ1v) is 3.18. The number of hydrogen-bond donors (Lipinski definition) is 1. The first-order valence-electron chi connectivity index (χ1n) is 3.18. The number of phenolic OH excluding ortho intramolecular Hbond substituents is 1. The largest absolute Gasteiger partial charge is 0.503 e. The average Bonchev–Trinajstić information content (AvgIpc) is 2.11. The maximum atomic E-state index is 12.7. The molecule has 1 aromatic rings. The predicted molar refractivity (Wildman–Crippen MR) is 35.4 cm³/mol. The fourth-order valence-electron chi connectivity index (χ4n) is 0.819. The molecule has 0 atom stereocenters. The third-order valence-corrected chi connectivity index (χ3v) is 1.47. The van der Waals surface area contributed by atoms with E-state index in [-0.39, 0.29) is 0 Å². The molecule has 14 heavy (non-hydrogen) atoms. The molecule has 2 N–H and O–H groups in total. The fraction of sp³-hybridized carbons (Fsp3) is 0. The van der Waals surface area contributed by atoms with Gasteiger partial charge in [-0.05, 0) is 0 Å². The van der Waals surface area contributed by atoms with Crippen LogP contribution in [0.25, 0.3) is 0 Å². The van der Waals surface area contributed by atoms with Gasteiger partial charge in [-0.15, -0.1) is 0 Å². The van der Waals surface area contributed by atoms with Gasteiger partial charge in [0, 0.05) is 0 Å². The van der Waals surface area contributed by atoms with Gasteiger partial charge in [-0.25, -0.2) is 8.78 Å². The van der Waals surface area contributed by atoms with E-state index in [9.17, 15) is 22.4 Å². The van der Waals surface area contributed by atoms with Gasteiger partial charge in [-0.3, -0.25) is 10.5 Å². The number of phenols is 1. The van der Waals surface area contributed by atoms with Crippen molar-refractivity contribution in [3.05, 3.63) is 28.8 Å². The van der Waals surface area contributed by atoms with Gasteiger partial charge in [0.1, 0.15) is 5.56 Å². The predicted octanol–water partition coefficient (Wildman–Crippen LogP) is 1.37. The van der Waals surface area contributed by atoms with E-state index >= 15 is 0 Å². The van der Waals surface area contributed by atoms with Crippen molar-refractivity contribution in [2.75, 3.05) is 0 Å². The lowest BCUT2D eigenvalue weighted by Crippen LogP contribution is -2.10. The van der Waals surface area contributed by atoms with Crippen LogP contribution in [0.1, 0.15) is 10.4 Å². The topological polar surface area (TPSA) is 61.1 Å². The van der Waals surface area contributed by atoms with Crippen molar-refractivity contribution in [3.8, 4) is 5.75 Å². The van der Waals surface area contributed by atoms with Gasteiger partial charge in [-0.2, -0.15) is 8.78 Å². The van der Waals surface area contributed by atoms with Gasteiger partial charge >= 0.3 is 0 Å². The average molecular weight is 208 g/mol. The van der Waals surface area contributed by atoms with Crippen molar-refractivity contribution in [2.24, 2.45) is 0 Å². The molecule has 7 heteroatoms. The summed E-state index contributed by atoms with van der Waals surface area (Å²) in [6, 6.07) is 0. The minimum atomic E-state index is -2.10. The Kier molecular flexibility index (Phi) is 2.33. The number of hydrogen-bond acceptors (Lipinski definition) is 2. The monoisotopic (exact) mass is 208 g/mol. The van der Waals surface area contributed by atoms with E-state index in [0.29, 0.717) is 0 Å². The Morgan fingerprint density at radius 2 is 1.36 bits per heavy atom. The highest BCUT2D eigenvalue weighted by atomic mass is 19.2. The Morgan fingerprint density at radius 1 is 1.00 bits per heavy atom. The zero-order valence-corrected chi connectivity index (χ0v) is 6.37. The van der Waals surface area contributed by atoms with E-state index in [1.807, 2.05) is 0 Å². The second kappa shape index (κ2) is 3.17. The summed E-state index contributed by atoms with van der Waals surface area (Å²) in [7, 11) is 0. The third kappa shape index (κ3) is 1.26. The van der Waals surface area contributed by atoms with Gasteiger partial charge in [0.05, 0.1) is 0 Å². The molecule has 0 aliphatic heterocycles. The SMILES string of the molecule is [NH]C(=O)c1c(F)c(F)c(O)c(F)c1F. The van der Waals surface area contributed by atoms with Crippen molar-refractivity contribution in [2.45, 2.75) is 0 Å². The number of halogens is 4. The van der Waals surface area contributed by atoms with Crippen LogP contribution >= 0.6 is 0 Å². The molecule has 1 amide bonds. The summed E-state index contributed by atoms with van der Waals surface area (Å²) in [5.41, 5.74) is 4.66. The molecule has 0 bridgehead atoms. The van der Waals surface area contributed by atoms with Crippen LogP contribution in [-0.4, -0.2) is 11.0 Å². The summed E-state index contributed by atoms with van der Waals surface area (Å²) >= 11 is 0. The molecule has 1 aromatic carbocycles. The normalized spacial score (nSPS) is 10.3. The molecule has 0 saturated carbocycles. The van der Waals surface area contributed by atoms with Crippen LogP contribution in [-0.2, 0) is 0 Å². The molecule has 1 radical (unpaired) electrons. The Labute approximate surface area is 74.8 Å². The lowest BCUT2D eigenvalue weighted by molar-refractivity contribution is 0.0981. The van der Waals surface area contributed by atoms with Gasteiger partial charge in [-0.1, -0.05) is 0 Å². The van der Waals surface area contributed by atoms with Crippen molar-refractivity contribution in [3.63, 3.8) is 0 Å². The minimum Gasteiger partial charge on any atom is -0.503 e. The molecule has 0 saturated heterocycles. The van der Waals surface area contributed by atoms with Crippen LogP contribution in [0.15, 0.2) is 0 Å². The standard InChI is InChI=1S/C7H2F4NO2/c8-2-1(7(12)14)3(9)5(11)6(13)4(2)10/h12-13H. The molecule has 0 fully saturated rings. The highest BCUT2D eigenvalue weighted by Gasteiger charge is 2.28. The van der Waals surface area contributed by atoms with Gasteiger partial charge in [0.2, 0.25) is 11.6 Å². The molecule has 75 valence electrons. The molecular formula is C7H2F4NO2. The summed E-state index contributed by atoms with van der Waals surface area (Å²) in [6.07, 6.45) is 0. The highest BCUT2D eigenvalue weighted by Crippen LogP contribution is 2.28. The van der Waals surface area contributed by atoms with E-state index in [1.165, 1.54) is 0 Å². The van der Waals surface area contributed by atoms with Crippen LogP contribution in [0, 0.1) is 23.3 Å². The summed E-state index contributed by atoms with van der Waals surface area (Å²) < 4.78 is 50.4. The lowest BCUT2D eigenvalue weighted by Gasteiger charge is -2.04. The van der Waals surface area contributed by atoms with E-state index in [2.05, 4.69) is 0 Å². The second-order valence-electron chi connectivity index (χ2n) is 2.31. The van der Waals surface area contributed by atoms with E-state index in [0.717, 1.165) is 0 Å². The molecular weight excluding hydrogens is 206 g/mol. The molecule has 3 nitrogen and oxygen atoms in total.